The predicted molar refractivity (Wildman–Crippen MR) is 49.3 cm³/mol. The van der Waals surface area contributed by atoms with Gasteiger partial charge >= 0.3 is 0 Å². The first-order chi connectivity index (χ1) is 6.58. The summed E-state index contributed by atoms with van der Waals surface area (Å²) in [5.74, 6) is -2.24. The normalized spacial score (nSPS) is 30.7. The fourth-order valence-electron chi connectivity index (χ4n) is 2.82. The minimum atomic E-state index is -2.47. The van der Waals surface area contributed by atoms with E-state index in [0.717, 1.165) is 25.5 Å². The molecular formula is C11H16F2O. The van der Waals surface area contributed by atoms with Crippen LogP contribution in [0, 0.1) is 11.3 Å². The average Bonchev–Trinajstić information content (AvgIpc) is 2.06. The van der Waals surface area contributed by atoms with Gasteiger partial charge in [-0.25, -0.2) is 8.78 Å². The Morgan fingerprint density at radius 3 is 2.00 bits per heavy atom. The Kier molecular flexibility index (Phi) is 2.36. The highest BCUT2D eigenvalue weighted by Crippen LogP contribution is 2.52. The topological polar surface area (TPSA) is 17.1 Å². The second-order valence-corrected chi connectivity index (χ2v) is 4.83. The van der Waals surface area contributed by atoms with Gasteiger partial charge in [-0.3, -0.25) is 0 Å². The standard InChI is InChI=1S/C11H16F2O/c12-11(13)6-2-9(3-7-11)10(8-14)4-1-5-10/h8-9H,1-7H2. The van der Waals surface area contributed by atoms with Gasteiger partial charge in [0.25, 0.3) is 0 Å². The van der Waals surface area contributed by atoms with Crippen molar-refractivity contribution in [3.8, 4) is 0 Å². The van der Waals surface area contributed by atoms with Crippen molar-refractivity contribution in [2.45, 2.75) is 50.9 Å². The number of halogens is 2. The molecule has 2 saturated carbocycles. The maximum Gasteiger partial charge on any atom is 0.248 e. The van der Waals surface area contributed by atoms with Crippen molar-refractivity contribution in [1.82, 2.24) is 0 Å². The Bertz CT molecular complexity index is 223. The number of carbonyl (C=O) groups excluding carboxylic acids is 1. The fraction of sp³-hybridized carbons (Fsp3) is 0.909. The molecule has 2 rings (SSSR count). The van der Waals surface area contributed by atoms with Crippen LogP contribution in [0.3, 0.4) is 0 Å². The van der Waals surface area contributed by atoms with Gasteiger partial charge in [-0.2, -0.15) is 0 Å². The van der Waals surface area contributed by atoms with Crippen LogP contribution in [0.1, 0.15) is 44.9 Å². The Morgan fingerprint density at radius 1 is 1.07 bits per heavy atom. The number of carbonyl (C=O) groups is 1. The van der Waals surface area contributed by atoms with E-state index in [-0.39, 0.29) is 24.2 Å². The molecule has 2 aliphatic rings. The summed E-state index contributed by atoms with van der Waals surface area (Å²) < 4.78 is 25.8. The zero-order valence-corrected chi connectivity index (χ0v) is 8.27. The summed E-state index contributed by atoms with van der Waals surface area (Å²) in [5, 5.41) is 0. The molecule has 14 heavy (non-hydrogen) atoms. The van der Waals surface area contributed by atoms with Crippen LogP contribution < -0.4 is 0 Å². The van der Waals surface area contributed by atoms with Gasteiger partial charge in [-0.15, -0.1) is 0 Å². The van der Waals surface area contributed by atoms with Crippen LogP contribution >= 0.6 is 0 Å². The third-order valence-corrected chi connectivity index (χ3v) is 4.05. The van der Waals surface area contributed by atoms with Gasteiger partial charge in [0.15, 0.2) is 0 Å². The van der Waals surface area contributed by atoms with Crippen molar-refractivity contribution in [3.63, 3.8) is 0 Å². The predicted octanol–water partition coefficient (Wildman–Crippen LogP) is 3.18. The molecule has 2 aliphatic carbocycles. The number of alkyl halides is 2. The molecule has 0 aromatic rings. The van der Waals surface area contributed by atoms with E-state index in [1.165, 1.54) is 0 Å². The zero-order chi connectivity index (χ0) is 10.2. The van der Waals surface area contributed by atoms with E-state index in [4.69, 9.17) is 0 Å². The molecule has 0 atom stereocenters. The molecule has 0 bridgehead atoms. The molecule has 0 aliphatic heterocycles. The third-order valence-electron chi connectivity index (χ3n) is 4.05. The molecule has 0 heterocycles. The monoisotopic (exact) mass is 202 g/mol. The second-order valence-electron chi connectivity index (χ2n) is 4.83. The molecule has 0 radical (unpaired) electrons. The summed E-state index contributed by atoms with van der Waals surface area (Å²) in [4.78, 5) is 11.0. The van der Waals surface area contributed by atoms with Gasteiger partial charge in [-0.1, -0.05) is 6.42 Å². The smallest absolute Gasteiger partial charge is 0.248 e. The summed E-state index contributed by atoms with van der Waals surface area (Å²) in [6.07, 6.45) is 4.99. The van der Waals surface area contributed by atoms with Gasteiger partial charge in [-0.05, 0) is 31.6 Å². The number of aldehydes is 1. The molecule has 0 saturated heterocycles. The lowest BCUT2D eigenvalue weighted by atomic mass is 9.58. The number of hydrogen-bond donors (Lipinski definition) is 0. The summed E-state index contributed by atoms with van der Waals surface area (Å²) in [6, 6.07) is 0. The first kappa shape index (κ1) is 10.1. The van der Waals surface area contributed by atoms with Crippen LogP contribution in [0.5, 0.6) is 0 Å². The van der Waals surface area contributed by atoms with Gasteiger partial charge in [0, 0.05) is 18.3 Å². The molecule has 2 fully saturated rings. The van der Waals surface area contributed by atoms with Crippen molar-refractivity contribution in [3.05, 3.63) is 0 Å². The molecule has 0 aromatic heterocycles. The summed E-state index contributed by atoms with van der Waals surface area (Å²) in [6.45, 7) is 0. The van der Waals surface area contributed by atoms with E-state index in [1.807, 2.05) is 0 Å². The van der Waals surface area contributed by atoms with Gasteiger partial charge in [0.1, 0.15) is 6.29 Å². The summed E-state index contributed by atoms with van der Waals surface area (Å²) in [7, 11) is 0. The lowest BCUT2D eigenvalue weighted by Crippen LogP contribution is -2.42. The summed E-state index contributed by atoms with van der Waals surface area (Å²) >= 11 is 0. The van der Waals surface area contributed by atoms with E-state index < -0.39 is 5.92 Å². The van der Waals surface area contributed by atoms with Gasteiger partial charge < -0.3 is 4.79 Å². The van der Waals surface area contributed by atoms with Crippen molar-refractivity contribution >= 4 is 6.29 Å². The van der Waals surface area contributed by atoms with E-state index in [1.54, 1.807) is 0 Å². The van der Waals surface area contributed by atoms with E-state index in [9.17, 15) is 13.6 Å². The van der Waals surface area contributed by atoms with Crippen LogP contribution in [-0.4, -0.2) is 12.2 Å². The van der Waals surface area contributed by atoms with Crippen molar-refractivity contribution in [2.24, 2.45) is 11.3 Å². The molecule has 3 heteroatoms. The highest BCUT2D eigenvalue weighted by Gasteiger charge is 2.47. The fourth-order valence-corrected chi connectivity index (χ4v) is 2.82. The van der Waals surface area contributed by atoms with E-state index in [2.05, 4.69) is 0 Å². The lowest BCUT2D eigenvalue weighted by Gasteiger charge is -2.46. The van der Waals surface area contributed by atoms with Gasteiger partial charge in [0.2, 0.25) is 5.92 Å². The minimum absolute atomic E-state index is 0.0206. The molecule has 0 aromatic carbocycles. The van der Waals surface area contributed by atoms with E-state index in [0.29, 0.717) is 12.8 Å². The zero-order valence-electron chi connectivity index (χ0n) is 8.27. The minimum Gasteiger partial charge on any atom is -0.303 e. The molecule has 0 spiro atoms. The Hall–Kier alpha value is -0.470. The molecule has 0 unspecified atom stereocenters. The SMILES string of the molecule is O=CC1(C2CCC(F)(F)CC2)CCC1. The first-order valence-electron chi connectivity index (χ1n) is 5.42. The molecule has 0 amide bonds. The van der Waals surface area contributed by atoms with Crippen molar-refractivity contribution in [2.75, 3.05) is 0 Å². The third kappa shape index (κ3) is 1.57. The number of rotatable bonds is 2. The Morgan fingerprint density at radius 2 is 1.64 bits per heavy atom. The second kappa shape index (κ2) is 3.28. The van der Waals surface area contributed by atoms with Crippen LogP contribution in [0.25, 0.3) is 0 Å². The van der Waals surface area contributed by atoms with Crippen LogP contribution in [0.2, 0.25) is 0 Å². The molecule has 1 nitrogen and oxygen atoms in total. The summed E-state index contributed by atoms with van der Waals surface area (Å²) in [5.41, 5.74) is -0.212. The highest BCUT2D eigenvalue weighted by atomic mass is 19.3. The Labute approximate surface area is 82.9 Å². The van der Waals surface area contributed by atoms with Crippen molar-refractivity contribution < 1.29 is 13.6 Å². The maximum absolute atomic E-state index is 12.9. The Balaban J connectivity index is 1.97. The molecular weight excluding hydrogens is 186 g/mol. The maximum atomic E-state index is 12.9. The lowest BCUT2D eigenvalue weighted by molar-refractivity contribution is -0.131. The average molecular weight is 202 g/mol. The van der Waals surface area contributed by atoms with Gasteiger partial charge in [0.05, 0.1) is 0 Å². The highest BCUT2D eigenvalue weighted by molar-refractivity contribution is 5.61. The number of hydrogen-bond acceptors (Lipinski definition) is 1. The van der Waals surface area contributed by atoms with Crippen LogP contribution in [-0.2, 0) is 4.79 Å². The van der Waals surface area contributed by atoms with Crippen LogP contribution in [0.4, 0.5) is 8.78 Å². The molecule has 80 valence electrons. The molecule has 0 N–H and O–H groups in total. The van der Waals surface area contributed by atoms with Crippen LogP contribution in [0.15, 0.2) is 0 Å². The van der Waals surface area contributed by atoms with Crippen molar-refractivity contribution in [1.29, 1.82) is 0 Å². The quantitative estimate of drug-likeness (QED) is 0.628. The largest absolute Gasteiger partial charge is 0.303 e. The van der Waals surface area contributed by atoms with E-state index >= 15 is 0 Å². The first-order valence-corrected chi connectivity index (χ1v) is 5.42.